The van der Waals surface area contributed by atoms with Gasteiger partial charge in [-0.05, 0) is 28.8 Å². The molecule has 1 aromatic rings. The summed E-state index contributed by atoms with van der Waals surface area (Å²) in [7, 11) is 0. The third-order valence-corrected chi connectivity index (χ3v) is 2.87. The summed E-state index contributed by atoms with van der Waals surface area (Å²) in [4.78, 5) is 11.2. The Morgan fingerprint density at radius 3 is 2.87 bits per heavy atom. The molecule has 0 aromatic carbocycles. The van der Waals surface area contributed by atoms with Gasteiger partial charge < -0.3 is 10.4 Å². The second kappa shape index (κ2) is 5.88. The van der Waals surface area contributed by atoms with E-state index in [-0.39, 0.29) is 11.8 Å². The number of carbonyl (C=O) groups excluding carboxylic acids is 1. The molecule has 3 nitrogen and oxygen atoms in total. The Hall–Kier alpha value is -0.870. The number of aliphatic hydroxyl groups is 1. The van der Waals surface area contributed by atoms with Crippen molar-refractivity contribution in [2.45, 2.75) is 26.4 Å². The normalized spacial score (nSPS) is 12.8. The predicted octanol–water partition coefficient (Wildman–Crippen LogP) is 1.94. The van der Waals surface area contributed by atoms with E-state index >= 15 is 0 Å². The predicted molar refractivity (Wildman–Crippen MR) is 61.7 cm³/mol. The number of hydrogen-bond acceptors (Lipinski definition) is 3. The molecule has 0 fully saturated rings. The topological polar surface area (TPSA) is 49.3 Å². The maximum atomic E-state index is 11.2. The summed E-state index contributed by atoms with van der Waals surface area (Å²) in [5.41, 5.74) is 0.929. The molecule has 1 rings (SSSR count). The Morgan fingerprint density at radius 1 is 1.60 bits per heavy atom. The van der Waals surface area contributed by atoms with Crippen LogP contribution in [-0.2, 0) is 4.79 Å². The molecule has 2 N–H and O–H groups in total. The monoisotopic (exact) mass is 227 g/mol. The minimum Gasteiger partial charge on any atom is -0.388 e. The first-order chi connectivity index (χ1) is 7.11. The largest absolute Gasteiger partial charge is 0.388 e. The highest BCUT2D eigenvalue weighted by molar-refractivity contribution is 7.07. The van der Waals surface area contributed by atoms with Crippen LogP contribution in [0.5, 0.6) is 0 Å². The first-order valence-electron chi connectivity index (χ1n) is 5.09. The fourth-order valence-electron chi connectivity index (χ4n) is 1.17. The molecule has 1 amide bonds. The molecule has 0 aliphatic rings. The van der Waals surface area contributed by atoms with Gasteiger partial charge in [0, 0.05) is 12.5 Å². The van der Waals surface area contributed by atoms with Gasteiger partial charge in [0.2, 0.25) is 5.91 Å². The van der Waals surface area contributed by atoms with Crippen LogP contribution in [0.4, 0.5) is 0 Å². The van der Waals surface area contributed by atoms with E-state index in [9.17, 15) is 9.90 Å². The SMILES string of the molecule is CC(C)C(=O)NCCC(O)c1ccsc1. The van der Waals surface area contributed by atoms with Gasteiger partial charge in [-0.15, -0.1) is 0 Å². The van der Waals surface area contributed by atoms with Crippen LogP contribution in [0.25, 0.3) is 0 Å². The van der Waals surface area contributed by atoms with E-state index < -0.39 is 6.10 Å². The lowest BCUT2D eigenvalue weighted by Crippen LogP contribution is -2.29. The first-order valence-corrected chi connectivity index (χ1v) is 6.03. The molecule has 0 bridgehead atoms. The molecule has 1 aromatic heterocycles. The summed E-state index contributed by atoms with van der Waals surface area (Å²) in [6.45, 7) is 4.23. The van der Waals surface area contributed by atoms with E-state index in [0.29, 0.717) is 13.0 Å². The second-order valence-corrected chi connectivity index (χ2v) is 4.59. The van der Waals surface area contributed by atoms with Crippen LogP contribution in [0.15, 0.2) is 16.8 Å². The molecule has 0 saturated carbocycles. The van der Waals surface area contributed by atoms with Gasteiger partial charge in [-0.1, -0.05) is 13.8 Å². The third kappa shape index (κ3) is 4.01. The molecule has 0 aliphatic heterocycles. The fraction of sp³-hybridized carbons (Fsp3) is 0.545. The van der Waals surface area contributed by atoms with Crippen molar-refractivity contribution in [3.05, 3.63) is 22.4 Å². The highest BCUT2D eigenvalue weighted by Gasteiger charge is 2.09. The second-order valence-electron chi connectivity index (χ2n) is 3.81. The van der Waals surface area contributed by atoms with E-state index in [4.69, 9.17) is 0 Å². The number of aliphatic hydroxyl groups excluding tert-OH is 1. The average Bonchev–Trinajstić information content (AvgIpc) is 2.70. The van der Waals surface area contributed by atoms with Crippen LogP contribution >= 0.6 is 11.3 Å². The number of carbonyl (C=O) groups is 1. The van der Waals surface area contributed by atoms with Crippen LogP contribution in [0, 0.1) is 5.92 Å². The van der Waals surface area contributed by atoms with Crippen molar-refractivity contribution in [3.63, 3.8) is 0 Å². The summed E-state index contributed by atoms with van der Waals surface area (Å²) in [5.74, 6) is 0.0378. The fourth-order valence-corrected chi connectivity index (χ4v) is 1.87. The van der Waals surface area contributed by atoms with E-state index in [0.717, 1.165) is 5.56 Å². The van der Waals surface area contributed by atoms with Gasteiger partial charge in [-0.25, -0.2) is 0 Å². The molecular weight excluding hydrogens is 210 g/mol. The molecule has 1 heterocycles. The summed E-state index contributed by atoms with van der Waals surface area (Å²) >= 11 is 1.57. The highest BCUT2D eigenvalue weighted by Crippen LogP contribution is 2.18. The third-order valence-electron chi connectivity index (χ3n) is 2.17. The quantitative estimate of drug-likeness (QED) is 0.807. The maximum Gasteiger partial charge on any atom is 0.222 e. The van der Waals surface area contributed by atoms with Gasteiger partial charge in [-0.2, -0.15) is 11.3 Å². The minimum atomic E-state index is -0.469. The van der Waals surface area contributed by atoms with Crippen LogP contribution in [0.2, 0.25) is 0 Å². The molecule has 84 valence electrons. The Bertz CT molecular complexity index is 296. The van der Waals surface area contributed by atoms with Crippen LogP contribution in [0.1, 0.15) is 31.9 Å². The number of nitrogens with one attached hydrogen (secondary N) is 1. The highest BCUT2D eigenvalue weighted by atomic mass is 32.1. The van der Waals surface area contributed by atoms with E-state index in [1.54, 1.807) is 11.3 Å². The van der Waals surface area contributed by atoms with Gasteiger partial charge in [0.15, 0.2) is 0 Å². The van der Waals surface area contributed by atoms with Crippen molar-refractivity contribution in [2.75, 3.05) is 6.54 Å². The molecular formula is C11H17NO2S. The van der Waals surface area contributed by atoms with Gasteiger partial charge in [0.05, 0.1) is 6.10 Å². The molecule has 1 atom stereocenters. The maximum absolute atomic E-state index is 11.2. The summed E-state index contributed by atoms with van der Waals surface area (Å²) in [6.07, 6.45) is 0.0959. The molecule has 0 radical (unpaired) electrons. The standard InChI is InChI=1S/C11H17NO2S/c1-8(2)11(14)12-5-3-10(13)9-4-6-15-7-9/h4,6-8,10,13H,3,5H2,1-2H3,(H,12,14). The first kappa shape index (κ1) is 12.2. The van der Waals surface area contributed by atoms with Crippen LogP contribution < -0.4 is 5.32 Å². The Labute approximate surface area is 94.1 Å². The lowest BCUT2D eigenvalue weighted by molar-refractivity contribution is -0.124. The molecule has 0 aliphatic carbocycles. The summed E-state index contributed by atoms with van der Waals surface area (Å²) < 4.78 is 0. The van der Waals surface area contributed by atoms with Gasteiger partial charge >= 0.3 is 0 Å². The van der Waals surface area contributed by atoms with Gasteiger partial charge in [-0.3, -0.25) is 4.79 Å². The Balaban J connectivity index is 2.24. The van der Waals surface area contributed by atoms with Crippen molar-refractivity contribution in [2.24, 2.45) is 5.92 Å². The van der Waals surface area contributed by atoms with Gasteiger partial charge in [0.25, 0.3) is 0 Å². The van der Waals surface area contributed by atoms with E-state index in [1.165, 1.54) is 0 Å². The number of amides is 1. The van der Waals surface area contributed by atoms with E-state index in [1.807, 2.05) is 30.7 Å². The zero-order chi connectivity index (χ0) is 11.3. The lowest BCUT2D eigenvalue weighted by atomic mass is 10.1. The number of thiophene rings is 1. The van der Waals surface area contributed by atoms with Crippen molar-refractivity contribution in [1.82, 2.24) is 5.32 Å². The van der Waals surface area contributed by atoms with Gasteiger partial charge in [0.1, 0.15) is 0 Å². The van der Waals surface area contributed by atoms with Crippen molar-refractivity contribution in [3.8, 4) is 0 Å². The summed E-state index contributed by atoms with van der Waals surface area (Å²) in [6, 6.07) is 1.90. The number of rotatable bonds is 5. The molecule has 1 unspecified atom stereocenters. The smallest absolute Gasteiger partial charge is 0.222 e. The van der Waals surface area contributed by atoms with Crippen molar-refractivity contribution < 1.29 is 9.90 Å². The lowest BCUT2D eigenvalue weighted by Gasteiger charge is -2.11. The minimum absolute atomic E-state index is 0.00305. The van der Waals surface area contributed by atoms with E-state index in [2.05, 4.69) is 5.32 Å². The summed E-state index contributed by atoms with van der Waals surface area (Å²) in [5, 5.41) is 16.4. The Kier molecular flexibility index (Phi) is 4.78. The molecule has 0 saturated heterocycles. The zero-order valence-electron chi connectivity index (χ0n) is 9.06. The van der Waals surface area contributed by atoms with Crippen LogP contribution in [-0.4, -0.2) is 17.6 Å². The van der Waals surface area contributed by atoms with Crippen molar-refractivity contribution in [1.29, 1.82) is 0 Å². The number of hydrogen-bond donors (Lipinski definition) is 2. The van der Waals surface area contributed by atoms with Crippen LogP contribution in [0.3, 0.4) is 0 Å². The molecule has 4 heteroatoms. The molecule has 0 spiro atoms. The Morgan fingerprint density at radius 2 is 2.33 bits per heavy atom. The van der Waals surface area contributed by atoms with Crippen molar-refractivity contribution >= 4 is 17.2 Å². The average molecular weight is 227 g/mol. The zero-order valence-corrected chi connectivity index (χ0v) is 9.88. The molecule has 15 heavy (non-hydrogen) atoms.